The maximum Gasteiger partial charge on any atom is 0.289 e. The Morgan fingerprint density at radius 2 is 2.00 bits per heavy atom. The van der Waals surface area contributed by atoms with Crippen LogP contribution in [0.5, 0.6) is 0 Å². The lowest BCUT2D eigenvalue weighted by Gasteiger charge is -2.35. The van der Waals surface area contributed by atoms with Crippen molar-refractivity contribution in [3.63, 3.8) is 0 Å². The normalized spacial score (nSPS) is 14.5. The second-order valence-corrected chi connectivity index (χ2v) is 8.58. The van der Waals surface area contributed by atoms with Gasteiger partial charge in [0.05, 0.1) is 4.92 Å². The molecule has 1 aliphatic rings. The molecule has 0 N–H and O–H groups in total. The first-order chi connectivity index (χ1) is 14.5. The topological polar surface area (TPSA) is 86.3 Å². The van der Waals surface area contributed by atoms with E-state index in [-0.39, 0.29) is 11.3 Å². The van der Waals surface area contributed by atoms with Crippen LogP contribution < -0.4 is 4.90 Å². The monoisotopic (exact) mass is 439 g/mol. The molecule has 1 saturated heterocycles. The minimum absolute atomic E-state index is 0.165. The van der Waals surface area contributed by atoms with Gasteiger partial charge in [-0.05, 0) is 29.8 Å². The predicted molar refractivity (Wildman–Crippen MR) is 118 cm³/mol. The summed E-state index contributed by atoms with van der Waals surface area (Å²) >= 11 is 7.86. The van der Waals surface area contributed by atoms with E-state index in [4.69, 9.17) is 11.6 Å². The summed E-state index contributed by atoms with van der Waals surface area (Å²) in [6, 6.07) is 15.5. The van der Waals surface area contributed by atoms with E-state index >= 15 is 0 Å². The summed E-state index contributed by atoms with van der Waals surface area (Å²) in [6.45, 7) is 3.94. The number of benzene rings is 1. The highest BCUT2D eigenvalue weighted by molar-refractivity contribution is 7.15. The highest BCUT2D eigenvalue weighted by atomic mass is 35.5. The number of aromatic nitrogens is 1. The van der Waals surface area contributed by atoms with Crippen molar-refractivity contribution in [1.82, 2.24) is 9.88 Å². The molecule has 0 aliphatic carbocycles. The minimum atomic E-state index is -0.533. The average Bonchev–Trinajstić information content (AvgIpc) is 3.22. The molecule has 0 bridgehead atoms. The number of nitro groups is 1. The summed E-state index contributed by atoms with van der Waals surface area (Å²) in [7, 11) is 0. The number of pyridine rings is 1. The van der Waals surface area contributed by atoms with Crippen LogP contribution >= 0.6 is 22.9 Å². The SMILES string of the molecule is N#Cc1cc([N+](=O)[O-])cnc1N1CCN(Cc2ccc(-c3cccc(Cl)c3)s2)CC1. The molecule has 0 amide bonds. The number of hydrogen-bond acceptors (Lipinski definition) is 7. The first-order valence-corrected chi connectivity index (χ1v) is 10.6. The summed E-state index contributed by atoms with van der Waals surface area (Å²) in [4.78, 5) is 21.4. The van der Waals surface area contributed by atoms with Crippen molar-refractivity contribution in [2.75, 3.05) is 31.1 Å². The number of nitrogens with zero attached hydrogens (tertiary/aromatic N) is 5. The van der Waals surface area contributed by atoms with E-state index in [1.165, 1.54) is 22.0 Å². The van der Waals surface area contributed by atoms with Gasteiger partial charge in [-0.3, -0.25) is 15.0 Å². The summed E-state index contributed by atoms with van der Waals surface area (Å²) in [5, 5.41) is 21.0. The Morgan fingerprint density at radius 1 is 1.20 bits per heavy atom. The lowest BCUT2D eigenvalue weighted by molar-refractivity contribution is -0.385. The van der Waals surface area contributed by atoms with Crippen molar-refractivity contribution in [3.05, 3.63) is 74.2 Å². The largest absolute Gasteiger partial charge is 0.353 e. The van der Waals surface area contributed by atoms with Crippen molar-refractivity contribution >= 4 is 34.4 Å². The van der Waals surface area contributed by atoms with Crippen LogP contribution in [0.15, 0.2) is 48.7 Å². The van der Waals surface area contributed by atoms with Gasteiger partial charge < -0.3 is 4.90 Å². The predicted octanol–water partition coefficient (Wildman–Crippen LogP) is 4.57. The van der Waals surface area contributed by atoms with E-state index in [1.54, 1.807) is 11.3 Å². The quantitative estimate of drug-likeness (QED) is 0.427. The molecule has 0 atom stereocenters. The van der Waals surface area contributed by atoms with Gasteiger partial charge in [0, 0.05) is 53.6 Å². The molecule has 4 rings (SSSR count). The molecule has 0 saturated carbocycles. The van der Waals surface area contributed by atoms with Gasteiger partial charge in [-0.2, -0.15) is 5.26 Å². The number of nitriles is 1. The fourth-order valence-corrected chi connectivity index (χ4v) is 4.72. The molecule has 7 nitrogen and oxygen atoms in total. The molecule has 3 heterocycles. The highest BCUT2D eigenvalue weighted by Crippen LogP contribution is 2.31. The second kappa shape index (κ2) is 8.79. The lowest BCUT2D eigenvalue weighted by Crippen LogP contribution is -2.46. The van der Waals surface area contributed by atoms with Gasteiger partial charge in [-0.1, -0.05) is 23.7 Å². The molecule has 0 spiro atoms. The van der Waals surface area contributed by atoms with Crippen molar-refractivity contribution in [2.24, 2.45) is 0 Å². The molecule has 1 fully saturated rings. The molecule has 152 valence electrons. The first kappa shape index (κ1) is 20.3. The van der Waals surface area contributed by atoms with Gasteiger partial charge in [0.1, 0.15) is 23.6 Å². The smallest absolute Gasteiger partial charge is 0.289 e. The zero-order valence-corrected chi connectivity index (χ0v) is 17.6. The highest BCUT2D eigenvalue weighted by Gasteiger charge is 2.22. The van der Waals surface area contributed by atoms with E-state index in [9.17, 15) is 15.4 Å². The Labute approximate surface area is 182 Å². The van der Waals surface area contributed by atoms with Gasteiger partial charge in [-0.25, -0.2) is 4.98 Å². The van der Waals surface area contributed by atoms with Crippen LogP contribution in [0.2, 0.25) is 5.02 Å². The second-order valence-electron chi connectivity index (χ2n) is 6.97. The van der Waals surface area contributed by atoms with Crippen LogP contribution in [0, 0.1) is 21.4 Å². The van der Waals surface area contributed by atoms with E-state index in [0.29, 0.717) is 18.9 Å². The number of anilines is 1. The Morgan fingerprint density at radius 3 is 2.70 bits per heavy atom. The van der Waals surface area contributed by atoms with Crippen molar-refractivity contribution in [2.45, 2.75) is 6.54 Å². The van der Waals surface area contributed by atoms with E-state index in [2.05, 4.69) is 28.1 Å². The number of hydrogen-bond donors (Lipinski definition) is 0. The number of halogens is 1. The van der Waals surface area contributed by atoms with Gasteiger partial charge in [-0.15, -0.1) is 11.3 Å². The Bertz CT molecular complexity index is 1120. The third-order valence-corrected chi connectivity index (χ3v) is 6.36. The molecule has 30 heavy (non-hydrogen) atoms. The number of piperazine rings is 1. The Balaban J connectivity index is 1.39. The fourth-order valence-electron chi connectivity index (χ4n) is 3.48. The molecule has 9 heteroatoms. The third kappa shape index (κ3) is 4.44. The van der Waals surface area contributed by atoms with Crippen LogP contribution in [0.3, 0.4) is 0 Å². The molecule has 3 aromatic rings. The summed E-state index contributed by atoms with van der Waals surface area (Å²) < 4.78 is 0. The maximum atomic E-state index is 10.9. The molecule has 0 unspecified atom stereocenters. The van der Waals surface area contributed by atoms with Crippen molar-refractivity contribution < 1.29 is 4.92 Å². The van der Waals surface area contributed by atoms with E-state index in [0.717, 1.165) is 30.2 Å². The van der Waals surface area contributed by atoms with Crippen LogP contribution in [0.1, 0.15) is 10.4 Å². The summed E-state index contributed by atoms with van der Waals surface area (Å²) in [5.74, 6) is 0.516. The van der Waals surface area contributed by atoms with Crippen LogP contribution in [0.4, 0.5) is 11.5 Å². The standard InChI is InChI=1S/C21H18ClN5O2S/c22-17-3-1-2-15(10-17)20-5-4-19(30-20)14-25-6-8-26(9-7-25)21-16(12-23)11-18(13-24-21)27(28)29/h1-5,10-11,13H,6-9,14H2. The molecular weight excluding hydrogens is 422 g/mol. The molecule has 0 radical (unpaired) electrons. The Kier molecular flexibility index (Phi) is 5.95. The van der Waals surface area contributed by atoms with Gasteiger partial charge >= 0.3 is 0 Å². The van der Waals surface area contributed by atoms with Crippen LogP contribution in [-0.2, 0) is 6.54 Å². The van der Waals surface area contributed by atoms with E-state index < -0.39 is 4.92 Å². The third-order valence-electron chi connectivity index (χ3n) is 5.01. The van der Waals surface area contributed by atoms with Crippen LogP contribution in [0.25, 0.3) is 10.4 Å². The molecule has 1 aliphatic heterocycles. The Hall–Kier alpha value is -2.99. The van der Waals surface area contributed by atoms with E-state index in [1.807, 2.05) is 29.2 Å². The minimum Gasteiger partial charge on any atom is -0.353 e. The van der Waals surface area contributed by atoms with Gasteiger partial charge in [0.2, 0.25) is 0 Å². The van der Waals surface area contributed by atoms with Crippen molar-refractivity contribution in [3.8, 4) is 16.5 Å². The van der Waals surface area contributed by atoms with Crippen LogP contribution in [-0.4, -0.2) is 41.0 Å². The zero-order chi connectivity index (χ0) is 21.1. The molecular formula is C21H18ClN5O2S. The summed E-state index contributed by atoms with van der Waals surface area (Å²) in [5.41, 5.74) is 1.20. The number of thiophene rings is 1. The van der Waals surface area contributed by atoms with Gasteiger partial charge in [0.15, 0.2) is 0 Å². The average molecular weight is 440 g/mol. The molecule has 1 aromatic carbocycles. The van der Waals surface area contributed by atoms with Gasteiger partial charge in [0.25, 0.3) is 5.69 Å². The van der Waals surface area contributed by atoms with Crippen molar-refractivity contribution in [1.29, 1.82) is 5.26 Å². The lowest BCUT2D eigenvalue weighted by atomic mass is 10.2. The number of rotatable bonds is 5. The maximum absolute atomic E-state index is 10.9. The first-order valence-electron chi connectivity index (χ1n) is 9.40. The zero-order valence-electron chi connectivity index (χ0n) is 16.0. The fraction of sp³-hybridized carbons (Fsp3) is 0.238. The molecule has 2 aromatic heterocycles. The summed E-state index contributed by atoms with van der Waals surface area (Å²) in [6.07, 6.45) is 1.21.